The van der Waals surface area contributed by atoms with E-state index in [1.807, 2.05) is 33.9 Å². The Morgan fingerprint density at radius 3 is 2.43 bits per heavy atom. The molecule has 1 amide bonds. The van der Waals surface area contributed by atoms with Crippen molar-refractivity contribution in [3.63, 3.8) is 0 Å². The summed E-state index contributed by atoms with van der Waals surface area (Å²) in [4.78, 5) is 22.8. The number of nitrogens with one attached hydrogen (secondary N) is 1. The van der Waals surface area contributed by atoms with Crippen molar-refractivity contribution in [2.75, 3.05) is 59.9 Å². The first-order valence-electron chi connectivity index (χ1n) is 10.00. The standard InChI is InChI=1S/C20H39N5O2.HI/c1-7-8-9-12-23(6)18(21-5)22-11-10-13-24-14-16-25(17-15-24)19(26)27-20(2,3)4;/h7H,1,8-17H2,2-6H3,(H,21,22);1H. The van der Waals surface area contributed by atoms with E-state index in [1.54, 1.807) is 4.90 Å². The third kappa shape index (κ3) is 11.1. The Balaban J connectivity index is 0.00000729. The van der Waals surface area contributed by atoms with Gasteiger partial charge in [-0.2, -0.15) is 0 Å². The summed E-state index contributed by atoms with van der Waals surface area (Å²) < 4.78 is 5.44. The summed E-state index contributed by atoms with van der Waals surface area (Å²) >= 11 is 0. The molecule has 0 aliphatic carbocycles. The minimum atomic E-state index is -0.433. The number of nitrogens with zero attached hydrogens (tertiary/aromatic N) is 4. The van der Waals surface area contributed by atoms with Gasteiger partial charge in [-0.1, -0.05) is 6.08 Å². The van der Waals surface area contributed by atoms with Gasteiger partial charge in [0.15, 0.2) is 5.96 Å². The van der Waals surface area contributed by atoms with Crippen molar-refractivity contribution in [1.82, 2.24) is 20.0 Å². The molecule has 0 aromatic heterocycles. The van der Waals surface area contributed by atoms with E-state index in [1.165, 1.54) is 0 Å². The summed E-state index contributed by atoms with van der Waals surface area (Å²) in [5, 5.41) is 3.43. The van der Waals surface area contributed by atoms with Crippen LogP contribution in [0.1, 0.15) is 40.0 Å². The number of piperazine rings is 1. The summed E-state index contributed by atoms with van der Waals surface area (Å²) in [5.41, 5.74) is -0.433. The number of aliphatic imine (C=N–C) groups is 1. The fraction of sp³-hybridized carbons (Fsp3) is 0.800. The molecule has 0 spiro atoms. The molecule has 7 nitrogen and oxygen atoms in total. The molecule has 0 aromatic rings. The number of hydrogen-bond acceptors (Lipinski definition) is 4. The van der Waals surface area contributed by atoms with Crippen LogP contribution in [-0.4, -0.2) is 92.3 Å². The summed E-state index contributed by atoms with van der Waals surface area (Å²) in [6.07, 6.45) is 4.91. The quantitative estimate of drug-likeness (QED) is 0.179. The summed E-state index contributed by atoms with van der Waals surface area (Å²) in [6, 6.07) is 0. The molecule has 0 aromatic carbocycles. The lowest BCUT2D eigenvalue weighted by atomic mass is 10.2. The zero-order valence-electron chi connectivity index (χ0n) is 18.4. The predicted octanol–water partition coefficient (Wildman–Crippen LogP) is 3.02. The van der Waals surface area contributed by atoms with Gasteiger partial charge < -0.3 is 19.9 Å². The normalized spacial score (nSPS) is 15.6. The fourth-order valence-electron chi connectivity index (χ4n) is 2.95. The van der Waals surface area contributed by atoms with E-state index in [4.69, 9.17) is 4.74 Å². The van der Waals surface area contributed by atoms with Crippen molar-refractivity contribution in [2.24, 2.45) is 4.99 Å². The van der Waals surface area contributed by atoms with Gasteiger partial charge in [0, 0.05) is 53.4 Å². The average molecular weight is 509 g/mol. The molecule has 1 heterocycles. The zero-order valence-corrected chi connectivity index (χ0v) is 20.7. The first-order chi connectivity index (χ1) is 12.8. The Labute approximate surface area is 188 Å². The lowest BCUT2D eigenvalue weighted by molar-refractivity contribution is 0.0145. The van der Waals surface area contributed by atoms with Crippen LogP contribution in [0, 0.1) is 0 Å². The van der Waals surface area contributed by atoms with Crippen molar-refractivity contribution in [2.45, 2.75) is 45.6 Å². The maximum atomic E-state index is 12.1. The van der Waals surface area contributed by atoms with E-state index >= 15 is 0 Å². The summed E-state index contributed by atoms with van der Waals surface area (Å²) in [6.45, 7) is 15.6. The molecule has 0 unspecified atom stereocenters. The molecule has 1 N–H and O–H groups in total. The highest BCUT2D eigenvalue weighted by atomic mass is 127. The second kappa shape index (κ2) is 14.0. The van der Waals surface area contributed by atoms with Crippen molar-refractivity contribution >= 4 is 36.0 Å². The van der Waals surface area contributed by atoms with Gasteiger partial charge in [0.1, 0.15) is 5.60 Å². The summed E-state index contributed by atoms with van der Waals surface area (Å²) in [5.74, 6) is 0.939. The topological polar surface area (TPSA) is 60.4 Å². The van der Waals surface area contributed by atoms with Crippen molar-refractivity contribution in [3.05, 3.63) is 12.7 Å². The molecule has 0 radical (unpaired) electrons. The highest BCUT2D eigenvalue weighted by Crippen LogP contribution is 2.11. The van der Waals surface area contributed by atoms with Gasteiger partial charge in [0.2, 0.25) is 0 Å². The Morgan fingerprint density at radius 2 is 1.89 bits per heavy atom. The van der Waals surface area contributed by atoms with Gasteiger partial charge in [-0.05, 0) is 46.6 Å². The summed E-state index contributed by atoms with van der Waals surface area (Å²) in [7, 11) is 3.89. The molecule has 164 valence electrons. The highest BCUT2D eigenvalue weighted by Gasteiger charge is 2.25. The molecule has 1 aliphatic heterocycles. The van der Waals surface area contributed by atoms with Crippen LogP contribution >= 0.6 is 24.0 Å². The number of rotatable bonds is 8. The lowest BCUT2D eigenvalue weighted by Crippen LogP contribution is -2.50. The minimum absolute atomic E-state index is 0. The molecule has 0 atom stereocenters. The number of halogens is 1. The molecule has 1 rings (SSSR count). The third-order valence-electron chi connectivity index (χ3n) is 4.43. The lowest BCUT2D eigenvalue weighted by Gasteiger charge is -2.35. The average Bonchev–Trinajstić information content (AvgIpc) is 2.61. The van der Waals surface area contributed by atoms with Crippen LogP contribution < -0.4 is 5.32 Å². The number of carbonyl (C=O) groups is 1. The van der Waals surface area contributed by atoms with E-state index in [9.17, 15) is 4.79 Å². The van der Waals surface area contributed by atoms with Crippen LogP contribution in [-0.2, 0) is 4.74 Å². The number of amides is 1. The van der Waals surface area contributed by atoms with E-state index in [0.29, 0.717) is 0 Å². The second-order valence-corrected chi connectivity index (χ2v) is 7.99. The number of guanidine groups is 1. The number of hydrogen-bond donors (Lipinski definition) is 1. The Bertz CT molecular complexity index is 485. The van der Waals surface area contributed by atoms with E-state index in [2.05, 4.69) is 33.7 Å². The van der Waals surface area contributed by atoms with Crippen LogP contribution in [0.5, 0.6) is 0 Å². The number of allylic oxidation sites excluding steroid dienone is 1. The predicted molar refractivity (Wildman–Crippen MR) is 128 cm³/mol. The van der Waals surface area contributed by atoms with Gasteiger partial charge in [0.05, 0.1) is 0 Å². The van der Waals surface area contributed by atoms with Crippen LogP contribution in [0.3, 0.4) is 0 Å². The van der Waals surface area contributed by atoms with Crippen LogP contribution in [0.25, 0.3) is 0 Å². The molecular weight excluding hydrogens is 469 g/mol. The molecule has 0 bridgehead atoms. The molecule has 1 fully saturated rings. The Kier molecular flexibility index (Phi) is 13.5. The molecule has 1 saturated heterocycles. The molecule has 1 aliphatic rings. The van der Waals surface area contributed by atoms with Gasteiger partial charge >= 0.3 is 6.09 Å². The van der Waals surface area contributed by atoms with Gasteiger partial charge in [-0.25, -0.2) is 4.79 Å². The first kappa shape index (κ1) is 27.0. The molecule has 0 saturated carbocycles. The van der Waals surface area contributed by atoms with Crippen LogP contribution in [0.15, 0.2) is 17.6 Å². The van der Waals surface area contributed by atoms with Crippen molar-refractivity contribution in [1.29, 1.82) is 0 Å². The SMILES string of the molecule is C=CCCCN(C)C(=NC)NCCCN1CCN(C(=O)OC(C)(C)C)CC1.I. The van der Waals surface area contributed by atoms with Crippen LogP contribution in [0.4, 0.5) is 4.79 Å². The van der Waals surface area contributed by atoms with E-state index < -0.39 is 5.60 Å². The van der Waals surface area contributed by atoms with E-state index in [-0.39, 0.29) is 30.1 Å². The fourth-order valence-corrected chi connectivity index (χ4v) is 2.95. The number of carbonyl (C=O) groups excluding carboxylic acids is 1. The highest BCUT2D eigenvalue weighted by molar-refractivity contribution is 14.0. The van der Waals surface area contributed by atoms with Crippen molar-refractivity contribution < 1.29 is 9.53 Å². The van der Waals surface area contributed by atoms with Crippen LogP contribution in [0.2, 0.25) is 0 Å². The van der Waals surface area contributed by atoms with Crippen molar-refractivity contribution in [3.8, 4) is 0 Å². The molecule has 8 heteroatoms. The maximum Gasteiger partial charge on any atom is 0.410 e. The second-order valence-electron chi connectivity index (χ2n) is 7.99. The Hall–Kier alpha value is -1.03. The van der Waals surface area contributed by atoms with Gasteiger partial charge in [-0.15, -0.1) is 30.6 Å². The Morgan fingerprint density at radius 1 is 1.25 bits per heavy atom. The number of unbranched alkanes of at least 4 members (excludes halogenated alkanes) is 1. The molecular formula is C20H40IN5O2. The minimum Gasteiger partial charge on any atom is -0.444 e. The molecule has 28 heavy (non-hydrogen) atoms. The number of ether oxygens (including phenoxy) is 1. The monoisotopic (exact) mass is 509 g/mol. The van der Waals surface area contributed by atoms with E-state index in [0.717, 1.165) is 71.0 Å². The zero-order chi connectivity index (χ0) is 20.3. The first-order valence-corrected chi connectivity index (χ1v) is 10.00. The maximum absolute atomic E-state index is 12.1. The largest absolute Gasteiger partial charge is 0.444 e. The van der Waals surface area contributed by atoms with Gasteiger partial charge in [-0.3, -0.25) is 9.89 Å². The van der Waals surface area contributed by atoms with Gasteiger partial charge in [0.25, 0.3) is 0 Å². The third-order valence-corrected chi connectivity index (χ3v) is 4.43. The smallest absolute Gasteiger partial charge is 0.410 e.